The fraction of sp³-hybridized carbons (Fsp3) is 0.348. The van der Waals surface area contributed by atoms with Gasteiger partial charge in [-0.25, -0.2) is 18.5 Å². The summed E-state index contributed by atoms with van der Waals surface area (Å²) in [5.41, 5.74) is 2.73. The molecule has 3 aromatic heterocycles. The van der Waals surface area contributed by atoms with Gasteiger partial charge in [0.25, 0.3) is 0 Å². The summed E-state index contributed by atoms with van der Waals surface area (Å²) >= 11 is 0. The molecule has 4 heterocycles. The van der Waals surface area contributed by atoms with Gasteiger partial charge < -0.3 is 4.98 Å². The average molecular weight is 450 g/mol. The van der Waals surface area contributed by atoms with Gasteiger partial charge in [-0.15, -0.1) is 0 Å². The zero-order chi connectivity index (χ0) is 21.9. The summed E-state index contributed by atoms with van der Waals surface area (Å²) in [5.74, 6) is 0. The summed E-state index contributed by atoms with van der Waals surface area (Å²) < 4.78 is 16.9. The van der Waals surface area contributed by atoms with E-state index in [9.17, 15) is 4.21 Å². The topological polar surface area (TPSA) is 82.9 Å². The predicted molar refractivity (Wildman–Crippen MR) is 125 cm³/mol. The lowest BCUT2D eigenvalue weighted by atomic mass is 10.1. The van der Waals surface area contributed by atoms with Crippen LogP contribution in [0, 0.1) is 0 Å². The molecule has 5 rings (SSSR count). The second-order valence-electron chi connectivity index (χ2n) is 8.03. The fourth-order valence-corrected chi connectivity index (χ4v) is 5.41. The standard InChI is InChI=1S/C23H27N7OS/c1-2-19(16-28-10-12-29(13-11-28)32(31)20-6-4-3-5-7-20)30-15-18(14-27-30)22-21-8-9-24-23(21)26-17-25-22/h3-9,14-15,17,19H,2,10-13,16H2,1H3,(H,24,25,26). The van der Waals surface area contributed by atoms with E-state index in [1.807, 2.05) is 48.8 Å². The number of hydrogen-bond acceptors (Lipinski definition) is 5. The lowest BCUT2D eigenvalue weighted by molar-refractivity contribution is 0.163. The van der Waals surface area contributed by atoms with Crippen molar-refractivity contribution in [3.05, 3.63) is 61.3 Å². The van der Waals surface area contributed by atoms with Gasteiger partial charge in [-0.1, -0.05) is 25.1 Å². The van der Waals surface area contributed by atoms with E-state index in [0.717, 1.165) is 66.3 Å². The fourth-order valence-electron chi connectivity index (χ4n) is 4.22. The molecular formula is C23H27N7OS. The summed E-state index contributed by atoms with van der Waals surface area (Å²) in [5, 5.41) is 5.67. The number of nitrogens with zero attached hydrogens (tertiary/aromatic N) is 6. The van der Waals surface area contributed by atoms with Crippen LogP contribution in [0.15, 0.2) is 66.2 Å². The average Bonchev–Trinajstić information content (AvgIpc) is 3.53. The van der Waals surface area contributed by atoms with Crippen LogP contribution in [0.3, 0.4) is 0 Å². The minimum atomic E-state index is -1.09. The minimum Gasteiger partial charge on any atom is -0.346 e. The van der Waals surface area contributed by atoms with Gasteiger partial charge in [-0.3, -0.25) is 9.58 Å². The Morgan fingerprint density at radius 3 is 2.69 bits per heavy atom. The number of piperazine rings is 1. The smallest absolute Gasteiger partial charge is 0.141 e. The number of aromatic amines is 1. The van der Waals surface area contributed by atoms with Crippen LogP contribution in [0.4, 0.5) is 0 Å². The Kier molecular flexibility index (Phi) is 6.11. The molecule has 0 saturated carbocycles. The van der Waals surface area contributed by atoms with Gasteiger partial charge in [0.2, 0.25) is 0 Å². The molecule has 0 bridgehead atoms. The molecule has 8 nitrogen and oxygen atoms in total. The molecule has 1 aliphatic rings. The third kappa shape index (κ3) is 4.23. The zero-order valence-corrected chi connectivity index (χ0v) is 18.9. The number of benzene rings is 1. The zero-order valence-electron chi connectivity index (χ0n) is 18.1. The van der Waals surface area contributed by atoms with Gasteiger partial charge in [-0.05, 0) is 24.6 Å². The molecule has 0 spiro atoms. The van der Waals surface area contributed by atoms with Crippen LogP contribution in [0.25, 0.3) is 22.3 Å². The lowest BCUT2D eigenvalue weighted by Gasteiger charge is -2.35. The van der Waals surface area contributed by atoms with Gasteiger partial charge in [0.05, 0.1) is 22.8 Å². The molecule has 1 aliphatic heterocycles. The van der Waals surface area contributed by atoms with Crippen molar-refractivity contribution in [1.82, 2.24) is 33.9 Å². The maximum atomic E-state index is 12.8. The molecule has 9 heteroatoms. The van der Waals surface area contributed by atoms with E-state index in [1.54, 1.807) is 6.33 Å². The largest absolute Gasteiger partial charge is 0.346 e. The highest BCUT2D eigenvalue weighted by Crippen LogP contribution is 2.26. The van der Waals surface area contributed by atoms with Gasteiger partial charge in [0.1, 0.15) is 23.0 Å². The van der Waals surface area contributed by atoms with E-state index in [1.165, 1.54) is 0 Å². The van der Waals surface area contributed by atoms with Gasteiger partial charge in [0.15, 0.2) is 0 Å². The van der Waals surface area contributed by atoms with E-state index >= 15 is 0 Å². The molecule has 0 aliphatic carbocycles. The van der Waals surface area contributed by atoms with E-state index in [4.69, 9.17) is 0 Å². The number of rotatable bonds is 7. The third-order valence-corrected chi connectivity index (χ3v) is 7.56. The van der Waals surface area contributed by atoms with E-state index < -0.39 is 11.0 Å². The molecule has 2 unspecified atom stereocenters. The van der Waals surface area contributed by atoms with Crippen molar-refractivity contribution in [2.24, 2.45) is 0 Å². The molecule has 1 N–H and O–H groups in total. The Morgan fingerprint density at radius 1 is 1.09 bits per heavy atom. The van der Waals surface area contributed by atoms with E-state index in [-0.39, 0.29) is 6.04 Å². The Balaban J connectivity index is 1.23. The number of aromatic nitrogens is 5. The summed E-state index contributed by atoms with van der Waals surface area (Å²) in [6.45, 7) is 6.52. The summed E-state index contributed by atoms with van der Waals surface area (Å²) in [6, 6.07) is 12.0. The normalized spacial score (nSPS) is 17.5. The number of fused-ring (bicyclic) bond motifs is 1. The molecule has 4 aromatic rings. The van der Waals surface area contributed by atoms with Gasteiger partial charge >= 0.3 is 0 Å². The maximum Gasteiger partial charge on any atom is 0.141 e. The van der Waals surface area contributed by atoms with Crippen molar-refractivity contribution in [1.29, 1.82) is 0 Å². The maximum absolute atomic E-state index is 12.8. The Hall–Kier alpha value is -2.88. The molecule has 166 valence electrons. The summed E-state index contributed by atoms with van der Waals surface area (Å²) in [6.07, 6.45) is 8.43. The van der Waals surface area contributed by atoms with Crippen LogP contribution in [0.5, 0.6) is 0 Å². The van der Waals surface area contributed by atoms with Crippen molar-refractivity contribution in [3.63, 3.8) is 0 Å². The molecule has 2 atom stereocenters. The van der Waals surface area contributed by atoms with E-state index in [2.05, 4.69) is 47.1 Å². The second kappa shape index (κ2) is 9.32. The first-order valence-electron chi connectivity index (χ1n) is 11.0. The molecule has 32 heavy (non-hydrogen) atoms. The first-order valence-corrected chi connectivity index (χ1v) is 12.1. The van der Waals surface area contributed by atoms with Gasteiger partial charge in [0, 0.05) is 56.1 Å². The highest BCUT2D eigenvalue weighted by Gasteiger charge is 2.24. The highest BCUT2D eigenvalue weighted by molar-refractivity contribution is 7.82. The van der Waals surface area contributed by atoms with Crippen molar-refractivity contribution in [2.75, 3.05) is 32.7 Å². The lowest BCUT2D eigenvalue weighted by Crippen LogP contribution is -2.48. The molecule has 1 saturated heterocycles. The predicted octanol–water partition coefficient (Wildman–Crippen LogP) is 3.11. The molecule has 1 aromatic carbocycles. The first-order chi connectivity index (χ1) is 15.7. The van der Waals surface area contributed by atoms with Crippen LogP contribution in [-0.4, -0.2) is 70.9 Å². The number of nitrogens with one attached hydrogen (secondary N) is 1. The van der Waals surface area contributed by atoms with Crippen LogP contribution in [0.1, 0.15) is 19.4 Å². The minimum absolute atomic E-state index is 0.276. The van der Waals surface area contributed by atoms with Crippen molar-refractivity contribution < 1.29 is 4.21 Å². The van der Waals surface area contributed by atoms with Crippen LogP contribution < -0.4 is 0 Å². The summed E-state index contributed by atoms with van der Waals surface area (Å²) in [4.78, 5) is 15.2. The van der Waals surface area contributed by atoms with Crippen LogP contribution in [0.2, 0.25) is 0 Å². The molecular weight excluding hydrogens is 422 g/mol. The number of hydrogen-bond donors (Lipinski definition) is 1. The molecule has 0 amide bonds. The van der Waals surface area contributed by atoms with Gasteiger partial charge in [-0.2, -0.15) is 5.10 Å². The highest BCUT2D eigenvalue weighted by atomic mass is 32.2. The molecule has 1 fully saturated rings. The van der Waals surface area contributed by atoms with E-state index in [0.29, 0.717) is 0 Å². The van der Waals surface area contributed by atoms with Crippen molar-refractivity contribution >= 4 is 22.0 Å². The SMILES string of the molecule is CCC(CN1CCN(S(=O)c2ccccc2)CC1)n1cc(-c2ncnc3[nH]ccc23)cn1. The Morgan fingerprint density at radius 2 is 1.91 bits per heavy atom. The third-order valence-electron chi connectivity index (χ3n) is 6.05. The monoisotopic (exact) mass is 449 g/mol. The van der Waals surface area contributed by atoms with Crippen LogP contribution >= 0.6 is 0 Å². The Labute approximate surface area is 189 Å². The number of H-pyrrole nitrogens is 1. The Bertz CT molecular complexity index is 1200. The summed E-state index contributed by atoms with van der Waals surface area (Å²) in [7, 11) is -1.09. The molecule has 0 radical (unpaired) electrons. The van der Waals surface area contributed by atoms with Crippen LogP contribution in [-0.2, 0) is 11.0 Å². The first kappa shape index (κ1) is 21.0. The quantitative estimate of drug-likeness (QED) is 0.469. The van der Waals surface area contributed by atoms with Crippen molar-refractivity contribution in [2.45, 2.75) is 24.3 Å². The van der Waals surface area contributed by atoms with Crippen molar-refractivity contribution in [3.8, 4) is 11.3 Å². The second-order valence-corrected chi connectivity index (χ2v) is 9.51.